The molecule has 0 amide bonds. The molecule has 0 saturated heterocycles. The van der Waals surface area contributed by atoms with Gasteiger partial charge in [-0.05, 0) is 25.1 Å². The van der Waals surface area contributed by atoms with E-state index < -0.39 is 0 Å². The zero-order valence-corrected chi connectivity index (χ0v) is 9.90. The molecule has 2 aromatic rings. The summed E-state index contributed by atoms with van der Waals surface area (Å²) in [5, 5.41) is 4.66. The Morgan fingerprint density at radius 2 is 1.94 bits per heavy atom. The second kappa shape index (κ2) is 5.08. The Kier molecular flexibility index (Phi) is 3.52. The Labute approximate surface area is 96.7 Å². The number of hydrogen-bond acceptors (Lipinski definition) is 2. The van der Waals surface area contributed by atoms with Crippen molar-refractivity contribution < 1.29 is 0 Å². The molecule has 1 atom stereocenters. The van der Waals surface area contributed by atoms with Gasteiger partial charge in [0.1, 0.15) is 0 Å². The summed E-state index contributed by atoms with van der Waals surface area (Å²) in [6.07, 6.45) is 1.07. The van der Waals surface area contributed by atoms with Crippen LogP contribution in [0, 0.1) is 0 Å². The van der Waals surface area contributed by atoms with Crippen molar-refractivity contribution in [2.75, 3.05) is 6.54 Å². The number of nitrogens with one attached hydrogen (secondary N) is 1. The molecule has 0 spiro atoms. The van der Waals surface area contributed by atoms with Gasteiger partial charge in [0.2, 0.25) is 0 Å². The lowest BCUT2D eigenvalue weighted by Gasteiger charge is -2.15. The SMILES string of the molecule is CCNC(CC)c1ccc2ccccc2n1. The highest BCUT2D eigenvalue weighted by molar-refractivity contribution is 5.78. The highest BCUT2D eigenvalue weighted by Gasteiger charge is 2.09. The number of para-hydroxylation sites is 1. The standard InChI is InChI=1S/C14H18N2/c1-3-12(15-4-2)14-10-9-11-7-5-6-8-13(11)16-14/h5-10,12,15H,3-4H2,1-2H3. The fraction of sp³-hybridized carbons (Fsp3) is 0.357. The molecule has 16 heavy (non-hydrogen) atoms. The summed E-state index contributed by atoms with van der Waals surface area (Å²) < 4.78 is 0. The van der Waals surface area contributed by atoms with E-state index in [1.807, 2.05) is 12.1 Å². The third-order valence-electron chi connectivity index (χ3n) is 2.84. The zero-order chi connectivity index (χ0) is 11.4. The molecule has 2 nitrogen and oxygen atoms in total. The van der Waals surface area contributed by atoms with Crippen LogP contribution in [0.3, 0.4) is 0 Å². The van der Waals surface area contributed by atoms with E-state index in [2.05, 4.69) is 43.4 Å². The maximum absolute atomic E-state index is 4.70. The minimum absolute atomic E-state index is 0.370. The summed E-state index contributed by atoms with van der Waals surface area (Å²) in [5.74, 6) is 0. The van der Waals surface area contributed by atoms with Gasteiger partial charge < -0.3 is 5.32 Å². The van der Waals surface area contributed by atoms with Crippen molar-refractivity contribution in [3.8, 4) is 0 Å². The van der Waals surface area contributed by atoms with E-state index in [0.29, 0.717) is 6.04 Å². The average Bonchev–Trinajstić information content (AvgIpc) is 2.35. The summed E-state index contributed by atoms with van der Waals surface area (Å²) in [6, 6.07) is 12.9. The fourth-order valence-corrected chi connectivity index (χ4v) is 1.98. The van der Waals surface area contributed by atoms with Crippen LogP contribution in [0.15, 0.2) is 36.4 Å². The van der Waals surface area contributed by atoms with E-state index in [-0.39, 0.29) is 0 Å². The molecule has 0 aliphatic rings. The predicted molar refractivity (Wildman–Crippen MR) is 68.5 cm³/mol. The second-order valence-electron chi connectivity index (χ2n) is 3.95. The molecule has 0 aliphatic carbocycles. The van der Waals surface area contributed by atoms with Gasteiger partial charge in [-0.2, -0.15) is 0 Å². The van der Waals surface area contributed by atoms with Crippen molar-refractivity contribution in [2.24, 2.45) is 0 Å². The van der Waals surface area contributed by atoms with Crippen molar-refractivity contribution in [3.05, 3.63) is 42.1 Å². The number of rotatable bonds is 4. The molecule has 84 valence electrons. The van der Waals surface area contributed by atoms with Gasteiger partial charge in [-0.25, -0.2) is 0 Å². The van der Waals surface area contributed by atoms with Gasteiger partial charge in [-0.15, -0.1) is 0 Å². The van der Waals surface area contributed by atoms with E-state index in [9.17, 15) is 0 Å². The van der Waals surface area contributed by atoms with Crippen LogP contribution in [-0.2, 0) is 0 Å². The normalized spacial score (nSPS) is 12.9. The summed E-state index contributed by atoms with van der Waals surface area (Å²) in [5.41, 5.74) is 2.22. The molecule has 0 saturated carbocycles. The van der Waals surface area contributed by atoms with Gasteiger partial charge in [0.15, 0.2) is 0 Å². The Balaban J connectivity index is 2.37. The quantitative estimate of drug-likeness (QED) is 0.844. The Morgan fingerprint density at radius 1 is 1.12 bits per heavy atom. The summed E-state index contributed by atoms with van der Waals surface area (Å²) >= 11 is 0. The molecule has 1 N–H and O–H groups in total. The van der Waals surface area contributed by atoms with Crippen LogP contribution in [0.5, 0.6) is 0 Å². The molecule has 0 fully saturated rings. The molecule has 1 aromatic heterocycles. The lowest BCUT2D eigenvalue weighted by atomic mass is 10.1. The maximum Gasteiger partial charge on any atom is 0.0706 e. The molecule has 0 bridgehead atoms. The van der Waals surface area contributed by atoms with Crippen molar-refractivity contribution in [1.29, 1.82) is 0 Å². The Morgan fingerprint density at radius 3 is 2.69 bits per heavy atom. The highest BCUT2D eigenvalue weighted by atomic mass is 14.9. The van der Waals surface area contributed by atoms with Gasteiger partial charge in [0, 0.05) is 11.4 Å². The summed E-state index contributed by atoms with van der Waals surface area (Å²) in [4.78, 5) is 4.70. The van der Waals surface area contributed by atoms with Crippen LogP contribution in [0.25, 0.3) is 10.9 Å². The Bertz CT molecular complexity index is 465. The van der Waals surface area contributed by atoms with Gasteiger partial charge >= 0.3 is 0 Å². The number of fused-ring (bicyclic) bond motifs is 1. The minimum atomic E-state index is 0.370. The lowest BCUT2D eigenvalue weighted by molar-refractivity contribution is 0.526. The maximum atomic E-state index is 4.70. The zero-order valence-electron chi connectivity index (χ0n) is 9.90. The van der Waals surface area contributed by atoms with Crippen molar-refractivity contribution in [2.45, 2.75) is 26.3 Å². The van der Waals surface area contributed by atoms with Gasteiger partial charge in [0.05, 0.1) is 11.2 Å². The predicted octanol–water partition coefficient (Wildman–Crippen LogP) is 3.30. The number of aromatic nitrogens is 1. The van der Waals surface area contributed by atoms with Crippen molar-refractivity contribution in [1.82, 2.24) is 10.3 Å². The lowest BCUT2D eigenvalue weighted by Crippen LogP contribution is -2.20. The first-order valence-electron chi connectivity index (χ1n) is 5.94. The van der Waals surface area contributed by atoms with Gasteiger partial charge in [0.25, 0.3) is 0 Å². The first kappa shape index (κ1) is 11.1. The number of nitrogens with zero attached hydrogens (tertiary/aromatic N) is 1. The molecule has 2 rings (SSSR count). The van der Waals surface area contributed by atoms with Gasteiger partial charge in [-0.3, -0.25) is 4.98 Å². The van der Waals surface area contributed by atoms with E-state index in [0.717, 1.165) is 24.2 Å². The van der Waals surface area contributed by atoms with Crippen LogP contribution in [-0.4, -0.2) is 11.5 Å². The smallest absolute Gasteiger partial charge is 0.0706 e. The fourth-order valence-electron chi connectivity index (χ4n) is 1.98. The number of pyridine rings is 1. The van der Waals surface area contributed by atoms with E-state index >= 15 is 0 Å². The highest BCUT2D eigenvalue weighted by Crippen LogP contribution is 2.18. The van der Waals surface area contributed by atoms with E-state index in [1.165, 1.54) is 5.39 Å². The Hall–Kier alpha value is -1.41. The molecule has 1 unspecified atom stereocenters. The van der Waals surface area contributed by atoms with Crippen LogP contribution in [0.2, 0.25) is 0 Å². The molecule has 1 aromatic carbocycles. The minimum Gasteiger partial charge on any atom is -0.309 e. The van der Waals surface area contributed by atoms with Crippen molar-refractivity contribution in [3.63, 3.8) is 0 Å². The molecule has 1 heterocycles. The first-order valence-corrected chi connectivity index (χ1v) is 5.94. The van der Waals surface area contributed by atoms with E-state index in [1.54, 1.807) is 0 Å². The van der Waals surface area contributed by atoms with Crippen LogP contribution in [0.1, 0.15) is 32.0 Å². The average molecular weight is 214 g/mol. The number of hydrogen-bond donors (Lipinski definition) is 1. The van der Waals surface area contributed by atoms with Crippen LogP contribution < -0.4 is 5.32 Å². The third kappa shape index (κ3) is 2.22. The summed E-state index contributed by atoms with van der Waals surface area (Å²) in [7, 11) is 0. The number of benzene rings is 1. The molecule has 0 aliphatic heterocycles. The molecular weight excluding hydrogens is 196 g/mol. The molecule has 0 radical (unpaired) electrons. The van der Waals surface area contributed by atoms with Crippen LogP contribution >= 0.6 is 0 Å². The third-order valence-corrected chi connectivity index (χ3v) is 2.84. The summed E-state index contributed by atoms with van der Waals surface area (Å²) in [6.45, 7) is 5.29. The monoisotopic (exact) mass is 214 g/mol. The molecule has 2 heteroatoms. The van der Waals surface area contributed by atoms with Gasteiger partial charge in [-0.1, -0.05) is 38.1 Å². The van der Waals surface area contributed by atoms with Crippen LogP contribution in [0.4, 0.5) is 0 Å². The molecular formula is C14H18N2. The topological polar surface area (TPSA) is 24.9 Å². The van der Waals surface area contributed by atoms with E-state index in [4.69, 9.17) is 4.98 Å². The second-order valence-corrected chi connectivity index (χ2v) is 3.95. The largest absolute Gasteiger partial charge is 0.309 e. The first-order chi connectivity index (χ1) is 7.85. The van der Waals surface area contributed by atoms with Crippen molar-refractivity contribution >= 4 is 10.9 Å².